The number of rotatable bonds is 11. The van der Waals surface area contributed by atoms with E-state index in [-0.39, 0.29) is 12.7 Å². The second-order valence-electron chi connectivity index (χ2n) is 9.23. The van der Waals surface area contributed by atoms with Gasteiger partial charge in [-0.15, -0.1) is 0 Å². The molecule has 37 heavy (non-hydrogen) atoms. The number of hydrogen-bond acceptors (Lipinski definition) is 11. The lowest BCUT2D eigenvalue weighted by molar-refractivity contribution is -0.350. The minimum absolute atomic E-state index is 0.179. The fraction of sp³-hybridized carbons (Fsp3) is 0.652. The van der Waals surface area contributed by atoms with Crippen molar-refractivity contribution < 1.29 is 46.5 Å². The molecular weight excluding hydrogens is 561 g/mol. The van der Waals surface area contributed by atoms with Crippen molar-refractivity contribution >= 4 is 46.0 Å². The van der Waals surface area contributed by atoms with Crippen molar-refractivity contribution in [3.8, 4) is 0 Å². The molecule has 9 unspecified atom stereocenters. The standard InChI is InChI=1S/C23H35O10P3S/c1-6-22(4)16(13-7-9-14(10-8-13)37-33-24-5)20(26-12(2)3)23(32-22)28-18-17(30-35)15(11-25-34)27-21(31-36)19(18)29-23/h7-10,12,15,17-19,21H,6,11,34-36H2,1-5H3/t15?,17?,18?,19?,21?,22-,23?/m0/s1. The molecule has 3 aliphatic rings. The molecule has 10 nitrogen and oxygen atoms in total. The summed E-state index contributed by atoms with van der Waals surface area (Å²) in [6, 6.07) is 7.84. The van der Waals surface area contributed by atoms with Crippen molar-refractivity contribution in [2.45, 2.75) is 87.4 Å². The Morgan fingerprint density at radius 2 is 1.76 bits per heavy atom. The van der Waals surface area contributed by atoms with Gasteiger partial charge in [0.2, 0.25) is 0 Å². The van der Waals surface area contributed by atoms with Crippen LogP contribution in [0, 0.1) is 0 Å². The van der Waals surface area contributed by atoms with Gasteiger partial charge in [0.15, 0.2) is 12.0 Å². The van der Waals surface area contributed by atoms with Crippen LogP contribution in [0.1, 0.15) is 39.7 Å². The molecule has 10 atom stereocenters. The van der Waals surface area contributed by atoms with E-state index in [0.717, 1.165) is 28.1 Å². The third kappa shape index (κ3) is 5.91. The molecule has 2 fully saturated rings. The van der Waals surface area contributed by atoms with Crippen LogP contribution in [0.25, 0.3) is 5.57 Å². The second-order valence-corrected chi connectivity index (χ2v) is 10.9. The van der Waals surface area contributed by atoms with Crippen LogP contribution in [0.15, 0.2) is 34.9 Å². The zero-order chi connectivity index (χ0) is 26.8. The lowest BCUT2D eigenvalue weighted by Crippen LogP contribution is -2.57. The van der Waals surface area contributed by atoms with Crippen LogP contribution < -0.4 is 0 Å². The van der Waals surface area contributed by atoms with Crippen LogP contribution in [-0.2, 0) is 46.5 Å². The average molecular weight is 597 g/mol. The molecule has 0 saturated carbocycles. The van der Waals surface area contributed by atoms with Gasteiger partial charge >= 0.3 is 5.97 Å². The van der Waals surface area contributed by atoms with Crippen LogP contribution in [0.3, 0.4) is 0 Å². The summed E-state index contributed by atoms with van der Waals surface area (Å²) in [5, 5.41) is 0. The van der Waals surface area contributed by atoms with Crippen LogP contribution in [-0.4, -0.2) is 62.1 Å². The summed E-state index contributed by atoms with van der Waals surface area (Å²) >= 11 is 1.12. The van der Waals surface area contributed by atoms with E-state index in [9.17, 15) is 0 Å². The fourth-order valence-corrected chi connectivity index (χ4v) is 5.90. The van der Waals surface area contributed by atoms with E-state index in [4.69, 9.17) is 46.5 Å². The molecule has 14 heteroatoms. The number of fused-ring (bicyclic) bond motifs is 1. The summed E-state index contributed by atoms with van der Waals surface area (Å²) in [5.41, 5.74) is 0.959. The molecule has 0 amide bonds. The Kier molecular flexibility index (Phi) is 10.3. The van der Waals surface area contributed by atoms with Crippen molar-refractivity contribution in [2.75, 3.05) is 13.7 Å². The SMILES string of the molecule is CC[C@]1(C)OC2(OC3C(OP)OC(COP)C(OP)C3O2)C(OC(C)C)=C1c1ccc(SOOC)cc1. The molecule has 1 spiro atoms. The highest BCUT2D eigenvalue weighted by atomic mass is 32.2. The van der Waals surface area contributed by atoms with Crippen molar-refractivity contribution in [1.82, 2.24) is 0 Å². The molecule has 0 radical (unpaired) electrons. The minimum Gasteiger partial charge on any atom is -0.487 e. The predicted molar refractivity (Wildman–Crippen MR) is 145 cm³/mol. The fourth-order valence-electron chi connectivity index (χ4n) is 4.77. The summed E-state index contributed by atoms with van der Waals surface area (Å²) in [6.07, 6.45) is -2.59. The first-order valence-electron chi connectivity index (χ1n) is 11.9. The van der Waals surface area contributed by atoms with Crippen LogP contribution in [0.4, 0.5) is 0 Å². The van der Waals surface area contributed by atoms with Crippen LogP contribution >= 0.6 is 40.4 Å². The Labute approximate surface area is 229 Å². The van der Waals surface area contributed by atoms with E-state index in [1.165, 1.54) is 7.11 Å². The van der Waals surface area contributed by atoms with Gasteiger partial charge in [-0.25, -0.2) is 4.89 Å². The lowest BCUT2D eigenvalue weighted by atomic mass is 9.88. The predicted octanol–water partition coefficient (Wildman–Crippen LogP) is 4.56. The number of hydrogen-bond donors (Lipinski definition) is 0. The third-order valence-corrected chi connectivity index (χ3v) is 7.93. The molecule has 4 rings (SSSR count). The summed E-state index contributed by atoms with van der Waals surface area (Å²) in [7, 11) is 8.20. The van der Waals surface area contributed by atoms with E-state index >= 15 is 0 Å². The zero-order valence-electron chi connectivity index (χ0n) is 21.4. The largest absolute Gasteiger partial charge is 0.487 e. The molecule has 2 saturated heterocycles. The molecule has 3 heterocycles. The van der Waals surface area contributed by atoms with E-state index in [1.807, 2.05) is 52.0 Å². The Bertz CT molecular complexity index is 953. The maximum Gasteiger partial charge on any atom is 0.347 e. The Morgan fingerprint density at radius 1 is 1.05 bits per heavy atom. The molecule has 208 valence electrons. The first-order valence-corrected chi connectivity index (χ1v) is 14.0. The summed E-state index contributed by atoms with van der Waals surface area (Å²) in [5.74, 6) is -1.17. The van der Waals surface area contributed by atoms with Crippen molar-refractivity contribution in [2.24, 2.45) is 0 Å². The van der Waals surface area contributed by atoms with Gasteiger partial charge in [-0.2, -0.15) is 4.33 Å². The van der Waals surface area contributed by atoms with Crippen molar-refractivity contribution in [3.63, 3.8) is 0 Å². The van der Waals surface area contributed by atoms with Crippen LogP contribution in [0.5, 0.6) is 0 Å². The van der Waals surface area contributed by atoms with Gasteiger partial charge in [0, 0.05) is 38.9 Å². The highest BCUT2D eigenvalue weighted by molar-refractivity contribution is 7.94. The van der Waals surface area contributed by atoms with E-state index in [2.05, 4.69) is 28.4 Å². The van der Waals surface area contributed by atoms with Crippen LogP contribution in [0.2, 0.25) is 0 Å². The average Bonchev–Trinajstić information content (AvgIpc) is 3.37. The van der Waals surface area contributed by atoms with Gasteiger partial charge in [-0.05, 0) is 44.9 Å². The molecule has 3 aliphatic heterocycles. The molecule has 0 bridgehead atoms. The quantitative estimate of drug-likeness (QED) is 0.156. The van der Waals surface area contributed by atoms with Gasteiger partial charge in [0.05, 0.1) is 31.9 Å². The molecule has 0 aliphatic carbocycles. The first-order chi connectivity index (χ1) is 17.8. The van der Waals surface area contributed by atoms with Gasteiger partial charge in [0.1, 0.15) is 30.0 Å². The third-order valence-electron chi connectivity index (χ3n) is 6.49. The minimum atomic E-state index is -1.63. The van der Waals surface area contributed by atoms with Gasteiger partial charge in [-0.1, -0.05) is 19.1 Å². The normalized spacial score (nSPS) is 35.5. The maximum atomic E-state index is 6.69. The topological polar surface area (TPSA) is 92.3 Å². The second kappa shape index (κ2) is 12.7. The smallest absolute Gasteiger partial charge is 0.347 e. The number of ether oxygens (including phenoxy) is 5. The van der Waals surface area contributed by atoms with Gasteiger partial charge in [-0.3, -0.25) is 0 Å². The number of benzene rings is 1. The summed E-state index contributed by atoms with van der Waals surface area (Å²) < 4.78 is 53.9. The van der Waals surface area contributed by atoms with Gasteiger partial charge < -0.3 is 37.3 Å². The molecule has 1 aromatic carbocycles. The highest BCUT2D eigenvalue weighted by Crippen LogP contribution is 2.56. The van der Waals surface area contributed by atoms with Gasteiger partial charge in [0.25, 0.3) is 0 Å². The molecule has 0 N–H and O–H groups in total. The zero-order valence-corrected chi connectivity index (χ0v) is 25.7. The maximum absolute atomic E-state index is 6.69. The van der Waals surface area contributed by atoms with Crippen molar-refractivity contribution in [3.05, 3.63) is 35.6 Å². The highest BCUT2D eigenvalue weighted by Gasteiger charge is 2.67. The van der Waals surface area contributed by atoms with E-state index < -0.39 is 42.3 Å². The summed E-state index contributed by atoms with van der Waals surface area (Å²) in [6.45, 7) is 8.18. The van der Waals surface area contributed by atoms with E-state index in [0.29, 0.717) is 12.2 Å². The first kappa shape index (κ1) is 30.0. The molecular formula is C23H35O10P3S. The Balaban J connectivity index is 1.78. The molecule has 1 aromatic rings. The lowest BCUT2D eigenvalue weighted by Gasteiger charge is -2.40. The Morgan fingerprint density at radius 3 is 2.32 bits per heavy atom. The molecule has 0 aromatic heterocycles. The summed E-state index contributed by atoms with van der Waals surface area (Å²) in [4.78, 5) is 5.57. The van der Waals surface area contributed by atoms with Crippen molar-refractivity contribution in [1.29, 1.82) is 0 Å². The monoisotopic (exact) mass is 596 g/mol. The Hall–Kier alpha value is 0.0400. The van der Waals surface area contributed by atoms with E-state index in [1.54, 1.807) is 0 Å².